The lowest BCUT2D eigenvalue weighted by molar-refractivity contribution is -0.384. The first kappa shape index (κ1) is 12.9. The van der Waals surface area contributed by atoms with Crippen molar-refractivity contribution < 1.29 is 13.7 Å². The van der Waals surface area contributed by atoms with Gasteiger partial charge in [0.1, 0.15) is 11.9 Å². The van der Waals surface area contributed by atoms with Crippen LogP contribution in [0.4, 0.5) is 14.5 Å². The van der Waals surface area contributed by atoms with Gasteiger partial charge >= 0.3 is 0 Å². The van der Waals surface area contributed by atoms with Gasteiger partial charge in [-0.3, -0.25) is 10.1 Å². The second kappa shape index (κ2) is 4.61. The lowest BCUT2D eigenvalue weighted by Gasteiger charge is -2.25. The van der Waals surface area contributed by atoms with Crippen molar-refractivity contribution in [2.45, 2.75) is 11.6 Å². The minimum Gasteiger partial charge on any atom is -0.258 e. The van der Waals surface area contributed by atoms with Gasteiger partial charge in [0.05, 0.1) is 10.8 Å². The number of halogens is 2. The Hall–Kier alpha value is -2.55. The molecule has 0 spiro atoms. The maximum atomic E-state index is 14.3. The van der Waals surface area contributed by atoms with E-state index >= 15 is 0 Å². The first-order valence-corrected chi connectivity index (χ1v) is 5.37. The Kier molecular flexibility index (Phi) is 3.13. The Morgan fingerprint density at radius 2 is 2.21 bits per heavy atom. The molecule has 19 heavy (non-hydrogen) atoms. The van der Waals surface area contributed by atoms with E-state index in [1.165, 1.54) is 24.3 Å². The van der Waals surface area contributed by atoms with Crippen LogP contribution in [0.2, 0.25) is 0 Å². The average Bonchev–Trinajstić information content (AvgIpc) is 2.42. The molecule has 0 saturated heterocycles. The van der Waals surface area contributed by atoms with Crippen molar-refractivity contribution in [3.8, 4) is 6.07 Å². The van der Waals surface area contributed by atoms with E-state index in [0.717, 1.165) is 24.3 Å². The maximum absolute atomic E-state index is 14.3. The largest absolute Gasteiger partial charge is 0.269 e. The van der Waals surface area contributed by atoms with Crippen LogP contribution >= 0.6 is 0 Å². The topological polar surface area (TPSA) is 66.9 Å². The Morgan fingerprint density at radius 1 is 1.47 bits per heavy atom. The average molecular weight is 262 g/mol. The highest BCUT2D eigenvalue weighted by Gasteiger charge is 2.39. The Labute approximate surface area is 107 Å². The molecule has 1 aromatic rings. The van der Waals surface area contributed by atoms with Crippen LogP contribution in [-0.4, -0.2) is 10.6 Å². The third kappa shape index (κ3) is 2.36. The first-order valence-electron chi connectivity index (χ1n) is 5.37. The summed E-state index contributed by atoms with van der Waals surface area (Å²) in [5, 5.41) is 19.6. The van der Waals surface area contributed by atoms with Crippen LogP contribution in [0.1, 0.15) is 11.5 Å². The van der Waals surface area contributed by atoms with Crippen molar-refractivity contribution in [3.63, 3.8) is 0 Å². The number of nitriles is 1. The van der Waals surface area contributed by atoms with Crippen molar-refractivity contribution in [2.75, 3.05) is 0 Å². The summed E-state index contributed by atoms with van der Waals surface area (Å²) < 4.78 is 27.6. The molecule has 0 aliphatic heterocycles. The normalized spacial score (nSPS) is 25.5. The van der Waals surface area contributed by atoms with Gasteiger partial charge < -0.3 is 0 Å². The predicted molar refractivity (Wildman–Crippen MR) is 63.6 cm³/mol. The number of alkyl halides is 1. The highest BCUT2D eigenvalue weighted by atomic mass is 19.1. The van der Waals surface area contributed by atoms with E-state index in [2.05, 4.69) is 0 Å². The van der Waals surface area contributed by atoms with Crippen molar-refractivity contribution in [1.29, 1.82) is 5.26 Å². The minimum atomic E-state index is -2.41. The van der Waals surface area contributed by atoms with Gasteiger partial charge in [0.2, 0.25) is 5.67 Å². The molecule has 96 valence electrons. The molecule has 0 aromatic heterocycles. The molecular weight excluding hydrogens is 254 g/mol. The van der Waals surface area contributed by atoms with Crippen LogP contribution in [0, 0.1) is 21.4 Å². The van der Waals surface area contributed by atoms with Gasteiger partial charge in [0, 0.05) is 12.1 Å². The summed E-state index contributed by atoms with van der Waals surface area (Å²) >= 11 is 0. The summed E-state index contributed by atoms with van der Waals surface area (Å²) in [6, 6.07) is 6.64. The van der Waals surface area contributed by atoms with E-state index in [0.29, 0.717) is 0 Å². The molecule has 1 aliphatic carbocycles. The predicted octanol–water partition coefficient (Wildman–Crippen LogP) is 3.33. The number of nitrogens with zero attached hydrogens (tertiary/aromatic N) is 2. The van der Waals surface area contributed by atoms with Gasteiger partial charge in [-0.15, -0.1) is 0 Å². The number of non-ortho nitro benzene ring substituents is 1. The van der Waals surface area contributed by atoms with Crippen molar-refractivity contribution in [1.82, 2.24) is 0 Å². The standard InChI is InChI=1S/C13H8F2N2O2/c14-10-4-5-13(15,8-16)12(7-10)9-2-1-3-11(6-9)17(18)19/h1-7,12H. The lowest BCUT2D eigenvalue weighted by Crippen LogP contribution is -2.28. The quantitative estimate of drug-likeness (QED) is 0.606. The highest BCUT2D eigenvalue weighted by molar-refractivity contribution is 5.45. The number of rotatable bonds is 2. The van der Waals surface area contributed by atoms with Crippen molar-refractivity contribution in [3.05, 3.63) is 64.0 Å². The van der Waals surface area contributed by atoms with Gasteiger partial charge in [0.15, 0.2) is 0 Å². The third-order valence-electron chi connectivity index (χ3n) is 2.88. The van der Waals surface area contributed by atoms with Gasteiger partial charge in [-0.05, 0) is 23.8 Å². The van der Waals surface area contributed by atoms with Gasteiger partial charge in [-0.2, -0.15) is 5.26 Å². The summed E-state index contributed by atoms with van der Waals surface area (Å²) in [7, 11) is 0. The molecule has 0 heterocycles. The zero-order chi connectivity index (χ0) is 14.0. The van der Waals surface area contributed by atoms with Crippen LogP contribution in [0.15, 0.2) is 48.3 Å². The van der Waals surface area contributed by atoms with E-state index in [-0.39, 0.29) is 11.3 Å². The molecule has 4 nitrogen and oxygen atoms in total. The molecule has 0 N–H and O–H groups in total. The fraction of sp³-hybridized carbons (Fsp3) is 0.154. The van der Waals surface area contributed by atoms with E-state index in [1.807, 2.05) is 0 Å². The summed E-state index contributed by atoms with van der Waals surface area (Å²) in [4.78, 5) is 10.0. The molecule has 6 heteroatoms. The molecule has 0 amide bonds. The summed E-state index contributed by atoms with van der Waals surface area (Å²) in [6.45, 7) is 0. The second-order valence-corrected chi connectivity index (χ2v) is 4.09. The fourth-order valence-corrected chi connectivity index (χ4v) is 1.92. The Bertz CT molecular complexity index is 634. The maximum Gasteiger partial charge on any atom is 0.269 e. The molecule has 0 bridgehead atoms. The number of benzene rings is 1. The van der Waals surface area contributed by atoms with E-state index in [1.54, 1.807) is 0 Å². The number of nitro groups is 1. The third-order valence-corrected chi connectivity index (χ3v) is 2.88. The van der Waals surface area contributed by atoms with Gasteiger partial charge in [0.25, 0.3) is 5.69 Å². The van der Waals surface area contributed by atoms with Gasteiger partial charge in [-0.1, -0.05) is 12.1 Å². The Balaban J connectivity index is 2.50. The van der Waals surface area contributed by atoms with Crippen LogP contribution < -0.4 is 0 Å². The van der Waals surface area contributed by atoms with E-state index in [4.69, 9.17) is 5.26 Å². The highest BCUT2D eigenvalue weighted by Crippen LogP contribution is 2.39. The van der Waals surface area contributed by atoms with Crippen molar-refractivity contribution in [2.24, 2.45) is 0 Å². The van der Waals surface area contributed by atoms with E-state index in [9.17, 15) is 18.9 Å². The van der Waals surface area contributed by atoms with Crippen LogP contribution in [0.25, 0.3) is 0 Å². The molecule has 0 saturated carbocycles. The molecular formula is C13H8F2N2O2. The molecule has 1 aromatic carbocycles. The van der Waals surface area contributed by atoms with Gasteiger partial charge in [-0.25, -0.2) is 8.78 Å². The monoisotopic (exact) mass is 262 g/mol. The summed E-state index contributed by atoms with van der Waals surface area (Å²) in [6.07, 6.45) is 2.64. The Morgan fingerprint density at radius 3 is 2.84 bits per heavy atom. The van der Waals surface area contributed by atoms with Crippen LogP contribution in [-0.2, 0) is 0 Å². The fourth-order valence-electron chi connectivity index (χ4n) is 1.92. The number of nitro benzene ring substituents is 1. The van der Waals surface area contributed by atoms with Crippen molar-refractivity contribution >= 4 is 5.69 Å². The van der Waals surface area contributed by atoms with Crippen LogP contribution in [0.5, 0.6) is 0 Å². The smallest absolute Gasteiger partial charge is 0.258 e. The zero-order valence-corrected chi connectivity index (χ0v) is 9.59. The molecule has 0 radical (unpaired) electrons. The molecule has 1 aliphatic rings. The number of allylic oxidation sites excluding steroid dienone is 4. The summed E-state index contributed by atoms with van der Waals surface area (Å²) in [5.74, 6) is -1.89. The molecule has 0 fully saturated rings. The molecule has 2 atom stereocenters. The number of hydrogen-bond acceptors (Lipinski definition) is 3. The lowest BCUT2D eigenvalue weighted by atomic mass is 9.81. The zero-order valence-electron chi connectivity index (χ0n) is 9.59. The van der Waals surface area contributed by atoms with E-state index < -0.39 is 22.3 Å². The van der Waals surface area contributed by atoms with Crippen LogP contribution in [0.3, 0.4) is 0 Å². The first-order chi connectivity index (χ1) is 8.96. The molecule has 2 unspecified atom stereocenters. The minimum absolute atomic E-state index is 0.178. The second-order valence-electron chi connectivity index (χ2n) is 4.09. The number of hydrogen-bond donors (Lipinski definition) is 0. The molecule has 2 rings (SSSR count). The summed E-state index contributed by atoms with van der Waals surface area (Å²) in [5.41, 5.74) is -2.47. The SMILES string of the molecule is N#CC1(F)C=CC(F)=CC1c1cccc([N+](=O)[O-])c1.